The first kappa shape index (κ1) is 13.2. The lowest BCUT2D eigenvalue weighted by Crippen LogP contribution is -2.45. The topological polar surface area (TPSA) is 70.6 Å². The molecule has 0 saturated carbocycles. The van der Waals surface area contributed by atoms with Gasteiger partial charge in [-0.15, -0.1) is 0 Å². The molecule has 0 spiro atoms. The van der Waals surface area contributed by atoms with E-state index in [1.807, 2.05) is 6.92 Å². The minimum absolute atomic E-state index is 0.115. The van der Waals surface area contributed by atoms with Crippen LogP contribution in [0.25, 0.3) is 0 Å². The van der Waals surface area contributed by atoms with E-state index in [4.69, 9.17) is 10.9 Å². The minimum atomic E-state index is 0.115. The van der Waals surface area contributed by atoms with Crippen LogP contribution in [0.2, 0.25) is 0 Å². The summed E-state index contributed by atoms with van der Waals surface area (Å²) >= 11 is 0. The second-order valence-electron chi connectivity index (χ2n) is 4.47. The van der Waals surface area contributed by atoms with Gasteiger partial charge in [0.1, 0.15) is 5.84 Å². The van der Waals surface area contributed by atoms with Gasteiger partial charge < -0.3 is 16.3 Å². The third kappa shape index (κ3) is 5.80. The molecule has 0 aromatic heterocycles. The Labute approximate surface area is 86.6 Å². The van der Waals surface area contributed by atoms with Crippen LogP contribution in [0.3, 0.4) is 0 Å². The van der Waals surface area contributed by atoms with Crippen LogP contribution < -0.4 is 11.1 Å². The van der Waals surface area contributed by atoms with E-state index in [0.717, 1.165) is 12.8 Å². The summed E-state index contributed by atoms with van der Waals surface area (Å²) in [6.45, 7) is 8.53. The molecule has 0 aliphatic rings. The molecule has 0 fully saturated rings. The summed E-state index contributed by atoms with van der Waals surface area (Å²) < 4.78 is 0. The summed E-state index contributed by atoms with van der Waals surface area (Å²) in [6, 6.07) is 0.229. The molecular formula is C10H23N3O. The summed E-state index contributed by atoms with van der Waals surface area (Å²) in [5.41, 5.74) is 5.54. The lowest BCUT2D eigenvalue weighted by molar-refractivity contribution is 0.307. The van der Waals surface area contributed by atoms with Gasteiger partial charge in [-0.3, -0.25) is 0 Å². The van der Waals surface area contributed by atoms with Crippen molar-refractivity contribution in [3.05, 3.63) is 0 Å². The quantitative estimate of drug-likeness (QED) is 0.265. The van der Waals surface area contributed by atoms with Crippen molar-refractivity contribution >= 4 is 5.84 Å². The van der Waals surface area contributed by atoms with Crippen molar-refractivity contribution in [3.8, 4) is 0 Å². The summed E-state index contributed by atoms with van der Waals surface area (Å²) in [5.74, 6) is 0.275. The van der Waals surface area contributed by atoms with E-state index in [0.29, 0.717) is 6.42 Å². The number of nitrogens with zero attached hydrogens (tertiary/aromatic N) is 1. The average molecular weight is 201 g/mol. The van der Waals surface area contributed by atoms with Crippen LogP contribution in [-0.2, 0) is 0 Å². The zero-order valence-corrected chi connectivity index (χ0v) is 9.67. The van der Waals surface area contributed by atoms with Crippen LogP contribution in [0, 0.1) is 0 Å². The number of nitrogens with two attached hydrogens (primary N) is 1. The molecule has 0 amide bonds. The Hall–Kier alpha value is -0.770. The normalized spacial score (nSPS) is 15.6. The fourth-order valence-electron chi connectivity index (χ4n) is 1.77. The van der Waals surface area contributed by atoms with Crippen LogP contribution in [0.4, 0.5) is 0 Å². The molecule has 1 unspecified atom stereocenters. The van der Waals surface area contributed by atoms with E-state index >= 15 is 0 Å². The van der Waals surface area contributed by atoms with E-state index in [-0.39, 0.29) is 17.4 Å². The molecule has 0 aromatic carbocycles. The third-order valence-corrected chi connectivity index (χ3v) is 2.16. The van der Waals surface area contributed by atoms with Gasteiger partial charge in [0.05, 0.1) is 0 Å². The Bertz CT molecular complexity index is 190. The molecule has 4 nitrogen and oxygen atoms in total. The van der Waals surface area contributed by atoms with E-state index in [9.17, 15) is 0 Å². The first-order valence-corrected chi connectivity index (χ1v) is 5.15. The molecule has 0 bridgehead atoms. The van der Waals surface area contributed by atoms with Crippen LogP contribution in [0.15, 0.2) is 5.16 Å². The molecule has 0 aromatic rings. The largest absolute Gasteiger partial charge is 0.409 e. The van der Waals surface area contributed by atoms with Gasteiger partial charge in [0, 0.05) is 18.0 Å². The van der Waals surface area contributed by atoms with Crippen LogP contribution in [-0.4, -0.2) is 22.6 Å². The number of nitrogens with one attached hydrogen (secondary N) is 1. The number of amidine groups is 1. The number of rotatable bonds is 6. The summed E-state index contributed by atoms with van der Waals surface area (Å²) in [6.07, 6.45) is 2.84. The first-order valence-electron chi connectivity index (χ1n) is 5.15. The Morgan fingerprint density at radius 3 is 2.57 bits per heavy atom. The van der Waals surface area contributed by atoms with Crippen molar-refractivity contribution in [1.82, 2.24) is 5.32 Å². The van der Waals surface area contributed by atoms with E-state index in [1.54, 1.807) is 0 Å². The molecule has 0 aliphatic heterocycles. The molecule has 4 N–H and O–H groups in total. The Morgan fingerprint density at radius 2 is 2.14 bits per heavy atom. The predicted octanol–water partition coefficient (Wildman–Crippen LogP) is 1.68. The molecule has 14 heavy (non-hydrogen) atoms. The van der Waals surface area contributed by atoms with Gasteiger partial charge in [-0.25, -0.2) is 0 Å². The number of oxime groups is 1. The van der Waals surface area contributed by atoms with Crippen molar-refractivity contribution in [2.45, 2.75) is 58.5 Å². The maximum atomic E-state index is 8.42. The maximum Gasteiger partial charge on any atom is 0.140 e. The fraction of sp³-hybridized carbons (Fsp3) is 0.900. The van der Waals surface area contributed by atoms with Gasteiger partial charge in [-0.05, 0) is 27.2 Å². The zero-order valence-electron chi connectivity index (χ0n) is 9.67. The molecule has 0 rings (SSSR count). The highest BCUT2D eigenvalue weighted by Crippen LogP contribution is 2.12. The Morgan fingerprint density at radius 1 is 1.57 bits per heavy atom. The van der Waals surface area contributed by atoms with Gasteiger partial charge >= 0.3 is 0 Å². The Kier molecular flexibility index (Phi) is 5.53. The highest BCUT2D eigenvalue weighted by molar-refractivity contribution is 5.80. The van der Waals surface area contributed by atoms with Crippen molar-refractivity contribution in [3.63, 3.8) is 0 Å². The van der Waals surface area contributed by atoms with Crippen LogP contribution in [0.5, 0.6) is 0 Å². The second kappa shape index (κ2) is 5.86. The van der Waals surface area contributed by atoms with Gasteiger partial charge in [-0.1, -0.05) is 18.5 Å². The van der Waals surface area contributed by atoms with Gasteiger partial charge in [-0.2, -0.15) is 0 Å². The third-order valence-electron chi connectivity index (χ3n) is 2.16. The summed E-state index contributed by atoms with van der Waals surface area (Å²) in [5, 5.41) is 14.8. The zero-order chi connectivity index (χ0) is 11.2. The smallest absolute Gasteiger partial charge is 0.140 e. The van der Waals surface area contributed by atoms with Gasteiger partial charge in [0.25, 0.3) is 0 Å². The number of hydrogen-bond donors (Lipinski definition) is 3. The summed E-state index contributed by atoms with van der Waals surface area (Å²) in [4.78, 5) is 0. The van der Waals surface area contributed by atoms with Gasteiger partial charge in [0.2, 0.25) is 0 Å². The number of hydrogen-bond acceptors (Lipinski definition) is 3. The highest BCUT2D eigenvalue weighted by atomic mass is 16.4. The molecule has 0 heterocycles. The van der Waals surface area contributed by atoms with Crippen LogP contribution in [0.1, 0.15) is 47.0 Å². The molecule has 0 radical (unpaired) electrons. The van der Waals surface area contributed by atoms with Crippen LogP contribution >= 0.6 is 0 Å². The Balaban J connectivity index is 3.98. The van der Waals surface area contributed by atoms with E-state index in [2.05, 4.69) is 31.2 Å². The standard InChI is InChI=1S/C10H23N3O/c1-5-6-10(3,4)12-8(2)7-9(11)13-14/h8,12,14H,5-7H2,1-4H3,(H2,11,13). The van der Waals surface area contributed by atoms with Crippen molar-refractivity contribution in [2.24, 2.45) is 10.9 Å². The SMILES string of the molecule is CCCC(C)(C)NC(C)CC(N)=NO. The lowest BCUT2D eigenvalue weighted by atomic mass is 9.97. The van der Waals surface area contributed by atoms with Gasteiger partial charge in [0.15, 0.2) is 0 Å². The van der Waals surface area contributed by atoms with Crippen molar-refractivity contribution in [2.75, 3.05) is 0 Å². The highest BCUT2D eigenvalue weighted by Gasteiger charge is 2.19. The van der Waals surface area contributed by atoms with Crippen molar-refractivity contribution in [1.29, 1.82) is 0 Å². The maximum absolute atomic E-state index is 8.42. The van der Waals surface area contributed by atoms with E-state index < -0.39 is 0 Å². The molecule has 84 valence electrons. The van der Waals surface area contributed by atoms with Crippen molar-refractivity contribution < 1.29 is 5.21 Å². The minimum Gasteiger partial charge on any atom is -0.409 e. The molecule has 4 heteroatoms. The molecule has 0 saturated heterocycles. The van der Waals surface area contributed by atoms with E-state index in [1.165, 1.54) is 0 Å². The molecule has 1 atom stereocenters. The summed E-state index contributed by atoms with van der Waals surface area (Å²) in [7, 11) is 0. The first-order chi connectivity index (χ1) is 6.41. The predicted molar refractivity (Wildman–Crippen MR) is 59.6 cm³/mol. The average Bonchev–Trinajstić information content (AvgIpc) is 2.02. The fourth-order valence-corrected chi connectivity index (χ4v) is 1.77. The lowest BCUT2D eigenvalue weighted by Gasteiger charge is -2.29. The second-order valence-corrected chi connectivity index (χ2v) is 4.47. The monoisotopic (exact) mass is 201 g/mol. The molecular weight excluding hydrogens is 178 g/mol. The molecule has 0 aliphatic carbocycles.